The maximum Gasteiger partial charge on any atom is 0.343 e. The first-order valence-electron chi connectivity index (χ1n) is 5.00. The normalized spacial score (nSPS) is 27.0. The summed E-state index contributed by atoms with van der Waals surface area (Å²) in [6.45, 7) is 5.45. The molecule has 0 amide bonds. The molecule has 0 aliphatic carbocycles. The zero-order valence-electron chi connectivity index (χ0n) is 8.49. The summed E-state index contributed by atoms with van der Waals surface area (Å²) >= 11 is 0. The summed E-state index contributed by atoms with van der Waals surface area (Å²) in [6.07, 6.45) is 1.02. The first-order valence-corrected chi connectivity index (χ1v) is 5.00. The molecule has 1 aliphatic heterocycles. The Labute approximate surface area is 82.1 Å². The van der Waals surface area contributed by atoms with Crippen molar-refractivity contribution < 1.29 is 4.74 Å². The first-order chi connectivity index (χ1) is 6.74. The molecule has 5 nitrogen and oxygen atoms in total. The first kappa shape index (κ1) is 9.45. The Hall–Kier alpha value is -1.10. The van der Waals surface area contributed by atoms with E-state index in [1.807, 2.05) is 6.92 Å². The number of aromatic amines is 1. The SMILES string of the molecule is CCn1c(C2OCCC2C)n[nH]c1=O. The van der Waals surface area contributed by atoms with Crippen molar-refractivity contribution in [3.05, 3.63) is 16.3 Å². The molecular weight excluding hydrogens is 182 g/mol. The molecule has 78 valence electrons. The Morgan fingerprint density at radius 1 is 1.71 bits per heavy atom. The van der Waals surface area contributed by atoms with Crippen molar-refractivity contribution in [2.75, 3.05) is 6.61 Å². The number of rotatable bonds is 2. The van der Waals surface area contributed by atoms with Crippen LogP contribution >= 0.6 is 0 Å². The fraction of sp³-hybridized carbons (Fsp3) is 0.778. The number of ether oxygens (including phenoxy) is 1. The van der Waals surface area contributed by atoms with Gasteiger partial charge in [0.2, 0.25) is 0 Å². The van der Waals surface area contributed by atoms with E-state index in [1.165, 1.54) is 0 Å². The predicted molar refractivity (Wildman–Crippen MR) is 51.0 cm³/mol. The van der Waals surface area contributed by atoms with Crippen molar-refractivity contribution in [1.29, 1.82) is 0 Å². The van der Waals surface area contributed by atoms with Crippen LogP contribution < -0.4 is 5.69 Å². The second kappa shape index (κ2) is 3.57. The summed E-state index contributed by atoms with van der Waals surface area (Å²) in [5.41, 5.74) is -0.148. The Bertz CT molecular complexity index is 368. The van der Waals surface area contributed by atoms with Gasteiger partial charge in [-0.2, -0.15) is 5.10 Å². The summed E-state index contributed by atoms with van der Waals surface area (Å²) < 4.78 is 7.20. The molecule has 1 saturated heterocycles. The van der Waals surface area contributed by atoms with Crippen molar-refractivity contribution >= 4 is 0 Å². The molecule has 0 aromatic carbocycles. The van der Waals surface area contributed by atoms with E-state index in [-0.39, 0.29) is 11.8 Å². The lowest BCUT2D eigenvalue weighted by Crippen LogP contribution is -2.20. The Balaban J connectivity index is 2.35. The van der Waals surface area contributed by atoms with Gasteiger partial charge in [-0.15, -0.1) is 0 Å². The fourth-order valence-corrected chi connectivity index (χ4v) is 1.88. The van der Waals surface area contributed by atoms with Gasteiger partial charge < -0.3 is 4.74 Å². The highest BCUT2D eigenvalue weighted by Crippen LogP contribution is 2.32. The molecule has 1 aliphatic rings. The number of aromatic nitrogens is 3. The highest BCUT2D eigenvalue weighted by atomic mass is 16.5. The summed E-state index contributed by atoms with van der Waals surface area (Å²) in [7, 11) is 0. The molecule has 1 aromatic rings. The van der Waals surface area contributed by atoms with Gasteiger partial charge in [-0.05, 0) is 19.3 Å². The second-order valence-corrected chi connectivity index (χ2v) is 3.69. The minimum absolute atomic E-state index is 0.0195. The van der Waals surface area contributed by atoms with Gasteiger partial charge >= 0.3 is 5.69 Å². The van der Waals surface area contributed by atoms with Crippen molar-refractivity contribution in [3.63, 3.8) is 0 Å². The van der Waals surface area contributed by atoms with Crippen LogP contribution in [0.2, 0.25) is 0 Å². The Morgan fingerprint density at radius 2 is 2.50 bits per heavy atom. The van der Waals surface area contributed by atoms with Crippen molar-refractivity contribution in [3.8, 4) is 0 Å². The molecule has 14 heavy (non-hydrogen) atoms. The van der Waals surface area contributed by atoms with E-state index in [1.54, 1.807) is 4.57 Å². The van der Waals surface area contributed by atoms with E-state index >= 15 is 0 Å². The van der Waals surface area contributed by atoms with Gasteiger partial charge in [0.1, 0.15) is 6.10 Å². The van der Waals surface area contributed by atoms with Crippen LogP contribution in [-0.4, -0.2) is 21.4 Å². The molecular formula is C9H15N3O2. The number of hydrogen-bond acceptors (Lipinski definition) is 3. The summed E-state index contributed by atoms with van der Waals surface area (Å²) in [5, 5.41) is 6.48. The molecule has 1 N–H and O–H groups in total. The van der Waals surface area contributed by atoms with Gasteiger partial charge in [-0.1, -0.05) is 6.92 Å². The van der Waals surface area contributed by atoms with Gasteiger partial charge in [0.25, 0.3) is 0 Å². The van der Waals surface area contributed by atoms with Gasteiger partial charge in [-0.3, -0.25) is 4.57 Å². The van der Waals surface area contributed by atoms with Crippen molar-refractivity contribution in [2.24, 2.45) is 5.92 Å². The lowest BCUT2D eigenvalue weighted by Gasteiger charge is -2.13. The topological polar surface area (TPSA) is 59.9 Å². The molecule has 2 atom stereocenters. The van der Waals surface area contributed by atoms with E-state index in [0.717, 1.165) is 18.9 Å². The molecule has 2 rings (SSSR count). The van der Waals surface area contributed by atoms with Gasteiger partial charge in [0.15, 0.2) is 5.82 Å². The van der Waals surface area contributed by atoms with Crippen LogP contribution in [0.4, 0.5) is 0 Å². The number of nitrogens with zero attached hydrogens (tertiary/aromatic N) is 2. The van der Waals surface area contributed by atoms with Crippen molar-refractivity contribution in [2.45, 2.75) is 32.9 Å². The van der Waals surface area contributed by atoms with E-state index < -0.39 is 0 Å². The molecule has 0 bridgehead atoms. The zero-order valence-corrected chi connectivity index (χ0v) is 8.49. The minimum atomic E-state index is -0.148. The average molecular weight is 197 g/mol. The lowest BCUT2D eigenvalue weighted by molar-refractivity contribution is 0.0839. The van der Waals surface area contributed by atoms with Crippen LogP contribution in [0.1, 0.15) is 32.2 Å². The third kappa shape index (κ3) is 1.37. The lowest BCUT2D eigenvalue weighted by atomic mass is 10.0. The molecule has 1 fully saturated rings. The van der Waals surface area contributed by atoms with Crippen molar-refractivity contribution in [1.82, 2.24) is 14.8 Å². The quantitative estimate of drug-likeness (QED) is 0.758. The van der Waals surface area contributed by atoms with Gasteiger partial charge in [0.05, 0.1) is 0 Å². The predicted octanol–water partition coefficient (Wildman–Crippen LogP) is 0.689. The average Bonchev–Trinajstić information content (AvgIpc) is 2.71. The van der Waals surface area contributed by atoms with E-state index in [9.17, 15) is 4.79 Å². The molecule has 5 heteroatoms. The van der Waals surface area contributed by atoms with Crippen LogP contribution in [0.15, 0.2) is 4.79 Å². The molecule has 0 radical (unpaired) electrons. The van der Waals surface area contributed by atoms with Crippen LogP contribution in [0.25, 0.3) is 0 Å². The summed E-state index contributed by atoms with van der Waals surface area (Å²) in [5.74, 6) is 1.18. The van der Waals surface area contributed by atoms with Gasteiger partial charge in [-0.25, -0.2) is 9.89 Å². The molecule has 0 spiro atoms. The number of nitrogens with one attached hydrogen (secondary N) is 1. The highest BCUT2D eigenvalue weighted by Gasteiger charge is 2.30. The Morgan fingerprint density at radius 3 is 3.07 bits per heavy atom. The maximum atomic E-state index is 11.3. The molecule has 1 aromatic heterocycles. The summed E-state index contributed by atoms with van der Waals surface area (Å²) in [6, 6.07) is 0. The number of H-pyrrole nitrogens is 1. The van der Waals surface area contributed by atoms with Gasteiger partial charge in [0, 0.05) is 13.2 Å². The minimum Gasteiger partial charge on any atom is -0.370 e. The van der Waals surface area contributed by atoms with Crippen LogP contribution in [-0.2, 0) is 11.3 Å². The zero-order chi connectivity index (χ0) is 10.1. The summed E-state index contributed by atoms with van der Waals surface area (Å²) in [4.78, 5) is 11.3. The fourth-order valence-electron chi connectivity index (χ4n) is 1.88. The molecule has 2 unspecified atom stereocenters. The van der Waals surface area contributed by atoms with Crippen LogP contribution in [0.5, 0.6) is 0 Å². The third-order valence-corrected chi connectivity index (χ3v) is 2.75. The number of hydrogen-bond donors (Lipinski definition) is 1. The smallest absolute Gasteiger partial charge is 0.343 e. The maximum absolute atomic E-state index is 11.3. The molecule has 2 heterocycles. The van der Waals surface area contributed by atoms with E-state index in [2.05, 4.69) is 17.1 Å². The standard InChI is InChI=1S/C9H15N3O2/c1-3-12-8(10-11-9(12)13)7-6(2)4-5-14-7/h6-7H,3-5H2,1-2H3,(H,11,13). The Kier molecular flexibility index (Phi) is 2.41. The largest absolute Gasteiger partial charge is 0.370 e. The monoisotopic (exact) mass is 197 g/mol. The van der Waals surface area contributed by atoms with E-state index in [4.69, 9.17) is 4.74 Å². The second-order valence-electron chi connectivity index (χ2n) is 3.69. The van der Waals surface area contributed by atoms with Crippen LogP contribution in [0, 0.1) is 5.92 Å². The highest BCUT2D eigenvalue weighted by molar-refractivity contribution is 4.96. The third-order valence-electron chi connectivity index (χ3n) is 2.75. The van der Waals surface area contributed by atoms with E-state index in [0.29, 0.717) is 12.5 Å². The van der Waals surface area contributed by atoms with Crippen LogP contribution in [0.3, 0.4) is 0 Å². The molecule has 0 saturated carbocycles.